The first-order chi connectivity index (χ1) is 7.71. The maximum absolute atomic E-state index is 11.5. The van der Waals surface area contributed by atoms with Crippen molar-refractivity contribution in [3.63, 3.8) is 0 Å². The Morgan fingerprint density at radius 1 is 1.25 bits per heavy atom. The summed E-state index contributed by atoms with van der Waals surface area (Å²) in [6, 6.07) is 5.88. The molecule has 1 aromatic rings. The third-order valence-corrected chi connectivity index (χ3v) is 3.44. The highest BCUT2D eigenvalue weighted by Gasteiger charge is 2.08. The lowest BCUT2D eigenvalue weighted by molar-refractivity contribution is 0.0600. The van der Waals surface area contributed by atoms with Crippen LogP contribution in [-0.2, 0) is 16.5 Å². The molecule has 0 heterocycles. The smallest absolute Gasteiger partial charge is 0.337 e. The van der Waals surface area contributed by atoms with E-state index in [9.17, 15) is 4.79 Å². The summed E-state index contributed by atoms with van der Waals surface area (Å²) in [6.45, 7) is 0. The first-order valence-electron chi connectivity index (χ1n) is 5.04. The molecule has 2 nitrogen and oxygen atoms in total. The molecular weight excluding hydrogens is 336 g/mol. The second-order valence-corrected chi connectivity index (χ2v) is 4.81. The van der Waals surface area contributed by atoms with Crippen molar-refractivity contribution in [2.24, 2.45) is 0 Å². The summed E-state index contributed by atoms with van der Waals surface area (Å²) in [7, 11) is 1.40. The molecule has 0 N–H and O–H groups in total. The fourth-order valence-electron chi connectivity index (χ4n) is 1.49. The first-order valence-corrected chi connectivity index (χ1v) is 7.28. The maximum Gasteiger partial charge on any atom is 0.337 e. The molecule has 0 aliphatic carbocycles. The normalized spacial score (nSPS) is 10.2. The third kappa shape index (κ3) is 3.91. The quantitative estimate of drug-likeness (QED) is 0.598. The Bertz CT molecular complexity index is 364. The van der Waals surface area contributed by atoms with E-state index in [0.717, 1.165) is 29.1 Å². The molecule has 88 valence electrons. The Labute approximate surface area is 113 Å². The minimum Gasteiger partial charge on any atom is -0.465 e. The molecule has 0 unspecified atom stereocenters. The Balaban J connectivity index is 2.96. The zero-order valence-electron chi connectivity index (χ0n) is 9.13. The van der Waals surface area contributed by atoms with Crippen LogP contribution >= 0.6 is 31.9 Å². The van der Waals surface area contributed by atoms with Gasteiger partial charge in [0.05, 0.1) is 12.7 Å². The molecule has 0 atom stereocenters. The molecule has 0 aliphatic rings. The van der Waals surface area contributed by atoms with Gasteiger partial charge in [0, 0.05) is 10.7 Å². The first kappa shape index (κ1) is 13.7. The van der Waals surface area contributed by atoms with Crippen molar-refractivity contribution in [2.75, 3.05) is 12.4 Å². The Hall–Kier alpha value is -0.350. The van der Waals surface area contributed by atoms with Gasteiger partial charge in [0.1, 0.15) is 0 Å². The predicted molar refractivity (Wildman–Crippen MR) is 72.5 cm³/mol. The molecule has 0 bridgehead atoms. The number of ether oxygens (including phenoxy) is 1. The van der Waals surface area contributed by atoms with Crippen LogP contribution < -0.4 is 0 Å². The van der Waals surface area contributed by atoms with Gasteiger partial charge in [-0.3, -0.25) is 0 Å². The monoisotopic (exact) mass is 348 g/mol. The number of methoxy groups -OCH3 is 1. The average molecular weight is 350 g/mol. The van der Waals surface area contributed by atoms with Crippen LogP contribution in [0.4, 0.5) is 0 Å². The molecule has 0 amide bonds. The number of carbonyl (C=O) groups excluding carboxylic acids is 1. The zero-order valence-corrected chi connectivity index (χ0v) is 12.3. The summed E-state index contributed by atoms with van der Waals surface area (Å²) >= 11 is 6.81. The van der Waals surface area contributed by atoms with Crippen molar-refractivity contribution in [2.45, 2.75) is 18.2 Å². The number of esters is 1. The summed E-state index contributed by atoms with van der Waals surface area (Å²) in [4.78, 5) is 11.5. The number of rotatable bonds is 5. The summed E-state index contributed by atoms with van der Waals surface area (Å²) in [6.07, 6.45) is 2.03. The fraction of sp³-hybridized carbons (Fsp3) is 0.417. The van der Waals surface area contributed by atoms with Gasteiger partial charge in [-0.25, -0.2) is 4.79 Å². The van der Waals surface area contributed by atoms with E-state index in [4.69, 9.17) is 4.74 Å². The summed E-state index contributed by atoms with van der Waals surface area (Å²) in [5.74, 6) is -0.275. The number of halogens is 2. The minimum absolute atomic E-state index is 0.275. The largest absolute Gasteiger partial charge is 0.465 e. The molecule has 1 aromatic carbocycles. The van der Waals surface area contributed by atoms with Crippen LogP contribution in [0.15, 0.2) is 18.2 Å². The van der Waals surface area contributed by atoms with Gasteiger partial charge < -0.3 is 4.74 Å². The van der Waals surface area contributed by atoms with Crippen LogP contribution in [0, 0.1) is 0 Å². The van der Waals surface area contributed by atoms with Gasteiger partial charge in [-0.05, 0) is 36.1 Å². The number of benzene rings is 1. The maximum atomic E-state index is 11.5. The van der Waals surface area contributed by atoms with Gasteiger partial charge in [-0.2, -0.15) is 0 Å². The van der Waals surface area contributed by atoms with Crippen molar-refractivity contribution >= 4 is 37.8 Å². The summed E-state index contributed by atoms with van der Waals surface area (Å²) < 4.78 is 4.73. The van der Waals surface area contributed by atoms with E-state index in [-0.39, 0.29) is 5.97 Å². The van der Waals surface area contributed by atoms with E-state index < -0.39 is 0 Å². The molecule has 4 heteroatoms. The SMILES string of the molecule is COC(=O)c1cc(CBr)cc(CCCBr)c1. The number of hydrogen-bond donors (Lipinski definition) is 0. The minimum atomic E-state index is -0.275. The number of carbonyl (C=O) groups is 1. The van der Waals surface area contributed by atoms with Crippen LogP contribution in [0.3, 0.4) is 0 Å². The number of hydrogen-bond acceptors (Lipinski definition) is 2. The molecule has 0 saturated carbocycles. The Kier molecular flexibility index (Phi) is 6.06. The van der Waals surface area contributed by atoms with Crippen molar-refractivity contribution in [3.05, 3.63) is 34.9 Å². The van der Waals surface area contributed by atoms with Crippen LogP contribution in [0.1, 0.15) is 27.9 Å². The standard InChI is InChI=1S/C12H14Br2O2/c1-16-12(15)11-6-9(3-2-4-13)5-10(7-11)8-14/h5-7H,2-4,8H2,1H3. The van der Waals surface area contributed by atoms with Gasteiger partial charge >= 0.3 is 5.97 Å². The van der Waals surface area contributed by atoms with Crippen molar-refractivity contribution in [3.8, 4) is 0 Å². The van der Waals surface area contributed by atoms with E-state index in [0.29, 0.717) is 5.56 Å². The molecule has 16 heavy (non-hydrogen) atoms. The number of aryl methyl sites for hydroxylation is 1. The van der Waals surface area contributed by atoms with Gasteiger partial charge in [0.2, 0.25) is 0 Å². The third-order valence-electron chi connectivity index (χ3n) is 2.23. The molecular formula is C12H14Br2O2. The number of alkyl halides is 2. The van der Waals surface area contributed by atoms with Gasteiger partial charge in [0.15, 0.2) is 0 Å². The van der Waals surface area contributed by atoms with Crippen LogP contribution in [0.25, 0.3) is 0 Å². The summed E-state index contributed by atoms with van der Waals surface area (Å²) in [5.41, 5.74) is 2.91. The summed E-state index contributed by atoms with van der Waals surface area (Å²) in [5, 5.41) is 1.72. The molecule has 0 saturated heterocycles. The van der Waals surface area contributed by atoms with Crippen LogP contribution in [-0.4, -0.2) is 18.4 Å². The molecule has 0 spiro atoms. The Morgan fingerprint density at radius 3 is 2.50 bits per heavy atom. The van der Waals surface area contributed by atoms with Gasteiger partial charge in [-0.15, -0.1) is 0 Å². The zero-order chi connectivity index (χ0) is 12.0. The van der Waals surface area contributed by atoms with Crippen LogP contribution in [0.5, 0.6) is 0 Å². The predicted octanol–water partition coefficient (Wildman–Crippen LogP) is 3.70. The lowest BCUT2D eigenvalue weighted by atomic mass is 10.0. The fourth-order valence-corrected chi connectivity index (χ4v) is 2.09. The van der Waals surface area contributed by atoms with E-state index in [1.165, 1.54) is 12.7 Å². The highest BCUT2D eigenvalue weighted by atomic mass is 79.9. The van der Waals surface area contributed by atoms with E-state index in [1.807, 2.05) is 12.1 Å². The topological polar surface area (TPSA) is 26.3 Å². The molecule has 0 radical (unpaired) electrons. The molecule has 0 aliphatic heterocycles. The van der Waals surface area contributed by atoms with Gasteiger partial charge in [-0.1, -0.05) is 37.9 Å². The second kappa shape index (κ2) is 7.07. The molecule has 1 rings (SSSR count). The van der Waals surface area contributed by atoms with E-state index >= 15 is 0 Å². The van der Waals surface area contributed by atoms with Gasteiger partial charge in [0.25, 0.3) is 0 Å². The average Bonchev–Trinajstić information content (AvgIpc) is 2.34. The Morgan fingerprint density at radius 2 is 1.94 bits per heavy atom. The lowest BCUT2D eigenvalue weighted by Crippen LogP contribution is -2.03. The van der Waals surface area contributed by atoms with Crippen molar-refractivity contribution in [1.29, 1.82) is 0 Å². The highest BCUT2D eigenvalue weighted by molar-refractivity contribution is 9.09. The molecule has 0 fully saturated rings. The van der Waals surface area contributed by atoms with Crippen molar-refractivity contribution < 1.29 is 9.53 Å². The van der Waals surface area contributed by atoms with Crippen molar-refractivity contribution in [1.82, 2.24) is 0 Å². The van der Waals surface area contributed by atoms with E-state index in [2.05, 4.69) is 37.9 Å². The molecule has 0 aromatic heterocycles. The second-order valence-electron chi connectivity index (χ2n) is 3.46. The highest BCUT2D eigenvalue weighted by Crippen LogP contribution is 2.16. The van der Waals surface area contributed by atoms with E-state index in [1.54, 1.807) is 0 Å². The van der Waals surface area contributed by atoms with Crippen LogP contribution in [0.2, 0.25) is 0 Å². The lowest BCUT2D eigenvalue weighted by Gasteiger charge is -2.06.